The maximum atomic E-state index is 11.9. The normalized spacial score (nSPS) is 16.9. The van der Waals surface area contributed by atoms with E-state index in [1.807, 2.05) is 35.2 Å². The SMILES string of the molecule is C[C@H](N)C(=O)N(Cc1ccccc1)C1CC1. The predicted molar refractivity (Wildman–Crippen MR) is 63.7 cm³/mol. The van der Waals surface area contributed by atoms with E-state index in [1.54, 1.807) is 6.92 Å². The molecule has 1 saturated carbocycles. The first kappa shape index (κ1) is 11.1. The summed E-state index contributed by atoms with van der Waals surface area (Å²) in [4.78, 5) is 13.8. The predicted octanol–water partition coefficient (Wildman–Crippen LogP) is 1.52. The number of rotatable bonds is 4. The van der Waals surface area contributed by atoms with Crippen molar-refractivity contribution in [1.82, 2.24) is 4.90 Å². The molecule has 0 unspecified atom stereocenters. The number of benzene rings is 1. The molecule has 3 nitrogen and oxygen atoms in total. The van der Waals surface area contributed by atoms with Crippen LogP contribution in [0, 0.1) is 0 Å². The number of nitrogens with zero attached hydrogens (tertiary/aromatic N) is 1. The lowest BCUT2D eigenvalue weighted by molar-refractivity contribution is -0.133. The first-order valence-electron chi connectivity index (χ1n) is 5.78. The van der Waals surface area contributed by atoms with Crippen LogP contribution in [0.2, 0.25) is 0 Å². The summed E-state index contributed by atoms with van der Waals surface area (Å²) in [6.45, 7) is 2.44. The maximum absolute atomic E-state index is 11.9. The number of carbonyl (C=O) groups excluding carboxylic acids is 1. The van der Waals surface area contributed by atoms with Crippen molar-refractivity contribution in [2.75, 3.05) is 0 Å². The molecule has 2 N–H and O–H groups in total. The van der Waals surface area contributed by atoms with Gasteiger partial charge in [0.05, 0.1) is 6.04 Å². The highest BCUT2D eigenvalue weighted by molar-refractivity contribution is 5.81. The standard InChI is InChI=1S/C13H18N2O/c1-10(14)13(16)15(12-7-8-12)9-11-5-3-2-4-6-11/h2-6,10,12H,7-9,14H2,1H3/t10-/m0/s1. The fourth-order valence-electron chi connectivity index (χ4n) is 1.81. The molecule has 2 rings (SSSR count). The molecule has 0 spiro atoms. The second kappa shape index (κ2) is 4.66. The highest BCUT2D eigenvalue weighted by Crippen LogP contribution is 2.28. The summed E-state index contributed by atoms with van der Waals surface area (Å²) in [6.07, 6.45) is 2.23. The van der Waals surface area contributed by atoms with Gasteiger partial charge >= 0.3 is 0 Å². The second-order valence-corrected chi connectivity index (χ2v) is 4.47. The monoisotopic (exact) mass is 218 g/mol. The summed E-state index contributed by atoms with van der Waals surface area (Å²) in [6, 6.07) is 10.1. The number of amides is 1. The summed E-state index contributed by atoms with van der Waals surface area (Å²) >= 11 is 0. The zero-order chi connectivity index (χ0) is 11.5. The van der Waals surface area contributed by atoms with Crippen molar-refractivity contribution in [2.45, 2.75) is 38.4 Å². The highest BCUT2D eigenvalue weighted by atomic mass is 16.2. The Labute approximate surface area is 96.2 Å². The average Bonchev–Trinajstić information content (AvgIpc) is 3.10. The molecule has 0 bridgehead atoms. The van der Waals surface area contributed by atoms with Crippen LogP contribution in [0.3, 0.4) is 0 Å². The Morgan fingerprint density at radius 3 is 2.56 bits per heavy atom. The summed E-state index contributed by atoms with van der Waals surface area (Å²) in [7, 11) is 0. The van der Waals surface area contributed by atoms with E-state index in [-0.39, 0.29) is 5.91 Å². The van der Waals surface area contributed by atoms with Gasteiger partial charge in [0.2, 0.25) is 5.91 Å². The first-order valence-corrected chi connectivity index (χ1v) is 5.78. The highest BCUT2D eigenvalue weighted by Gasteiger charge is 2.33. The third-order valence-electron chi connectivity index (χ3n) is 2.86. The van der Waals surface area contributed by atoms with Gasteiger partial charge in [-0.15, -0.1) is 0 Å². The number of hydrogen-bond acceptors (Lipinski definition) is 2. The summed E-state index contributed by atoms with van der Waals surface area (Å²) in [5.41, 5.74) is 6.83. The maximum Gasteiger partial charge on any atom is 0.239 e. The van der Waals surface area contributed by atoms with Crippen LogP contribution >= 0.6 is 0 Å². The summed E-state index contributed by atoms with van der Waals surface area (Å²) < 4.78 is 0. The van der Waals surface area contributed by atoms with Gasteiger partial charge in [-0.3, -0.25) is 4.79 Å². The van der Waals surface area contributed by atoms with Gasteiger partial charge in [0.25, 0.3) is 0 Å². The van der Waals surface area contributed by atoms with Gasteiger partial charge in [-0.2, -0.15) is 0 Å². The quantitative estimate of drug-likeness (QED) is 0.833. The largest absolute Gasteiger partial charge is 0.334 e. The van der Waals surface area contributed by atoms with Crippen LogP contribution in [-0.2, 0) is 11.3 Å². The lowest BCUT2D eigenvalue weighted by Gasteiger charge is -2.24. The Morgan fingerprint density at radius 2 is 2.06 bits per heavy atom. The van der Waals surface area contributed by atoms with Gasteiger partial charge in [-0.25, -0.2) is 0 Å². The molecule has 0 aliphatic heterocycles. The van der Waals surface area contributed by atoms with Crippen molar-refractivity contribution in [1.29, 1.82) is 0 Å². The molecular weight excluding hydrogens is 200 g/mol. The van der Waals surface area contributed by atoms with Crippen molar-refractivity contribution in [2.24, 2.45) is 5.73 Å². The lowest BCUT2D eigenvalue weighted by atomic mass is 10.2. The van der Waals surface area contributed by atoms with Crippen LogP contribution in [-0.4, -0.2) is 22.9 Å². The Balaban J connectivity index is 2.06. The first-order chi connectivity index (χ1) is 7.68. The minimum atomic E-state index is -0.399. The van der Waals surface area contributed by atoms with Crippen molar-refractivity contribution < 1.29 is 4.79 Å². The third-order valence-corrected chi connectivity index (χ3v) is 2.86. The van der Waals surface area contributed by atoms with Gasteiger partial charge in [-0.05, 0) is 25.3 Å². The molecule has 1 aliphatic rings. The smallest absolute Gasteiger partial charge is 0.239 e. The van der Waals surface area contributed by atoms with Gasteiger partial charge in [0.15, 0.2) is 0 Å². The molecule has 0 saturated heterocycles. The summed E-state index contributed by atoms with van der Waals surface area (Å²) in [5.74, 6) is 0.0614. The molecule has 1 atom stereocenters. The molecule has 0 aromatic heterocycles. The van der Waals surface area contributed by atoms with E-state index < -0.39 is 6.04 Å². The van der Waals surface area contributed by atoms with Crippen molar-refractivity contribution in [3.8, 4) is 0 Å². The zero-order valence-corrected chi connectivity index (χ0v) is 9.60. The number of carbonyl (C=O) groups is 1. The minimum Gasteiger partial charge on any atom is -0.334 e. The van der Waals surface area contributed by atoms with Crippen LogP contribution in [0.4, 0.5) is 0 Å². The van der Waals surface area contributed by atoms with Crippen LogP contribution in [0.15, 0.2) is 30.3 Å². The fraction of sp³-hybridized carbons (Fsp3) is 0.462. The fourth-order valence-corrected chi connectivity index (χ4v) is 1.81. The Morgan fingerprint density at radius 1 is 1.44 bits per heavy atom. The van der Waals surface area contributed by atoms with Crippen LogP contribution in [0.25, 0.3) is 0 Å². The van der Waals surface area contributed by atoms with E-state index in [0.29, 0.717) is 12.6 Å². The van der Waals surface area contributed by atoms with E-state index in [9.17, 15) is 4.79 Å². The lowest BCUT2D eigenvalue weighted by Crippen LogP contribution is -2.42. The zero-order valence-electron chi connectivity index (χ0n) is 9.60. The Bertz CT molecular complexity index is 357. The van der Waals surface area contributed by atoms with Crippen molar-refractivity contribution in [3.63, 3.8) is 0 Å². The van der Waals surface area contributed by atoms with E-state index in [0.717, 1.165) is 12.8 Å². The minimum absolute atomic E-state index is 0.0614. The molecule has 0 radical (unpaired) electrons. The molecule has 3 heteroatoms. The van der Waals surface area contributed by atoms with Crippen LogP contribution in [0.1, 0.15) is 25.3 Å². The van der Waals surface area contributed by atoms with Gasteiger partial charge in [-0.1, -0.05) is 30.3 Å². The van der Waals surface area contributed by atoms with Crippen LogP contribution in [0.5, 0.6) is 0 Å². The molecule has 0 heterocycles. The molecule has 86 valence electrons. The molecular formula is C13H18N2O. The molecule has 1 aliphatic carbocycles. The third kappa shape index (κ3) is 2.61. The number of nitrogens with two attached hydrogens (primary N) is 1. The van der Waals surface area contributed by atoms with E-state index >= 15 is 0 Å². The second-order valence-electron chi connectivity index (χ2n) is 4.47. The molecule has 1 aromatic carbocycles. The van der Waals surface area contributed by atoms with E-state index in [2.05, 4.69) is 0 Å². The van der Waals surface area contributed by atoms with Crippen LogP contribution < -0.4 is 5.73 Å². The van der Waals surface area contributed by atoms with E-state index in [4.69, 9.17) is 5.73 Å². The summed E-state index contributed by atoms with van der Waals surface area (Å²) in [5, 5.41) is 0. The number of hydrogen-bond donors (Lipinski definition) is 1. The van der Waals surface area contributed by atoms with Gasteiger partial charge in [0.1, 0.15) is 0 Å². The topological polar surface area (TPSA) is 46.3 Å². The molecule has 16 heavy (non-hydrogen) atoms. The Hall–Kier alpha value is -1.35. The van der Waals surface area contributed by atoms with Gasteiger partial charge < -0.3 is 10.6 Å². The van der Waals surface area contributed by atoms with E-state index in [1.165, 1.54) is 5.56 Å². The van der Waals surface area contributed by atoms with Gasteiger partial charge in [0, 0.05) is 12.6 Å². The van der Waals surface area contributed by atoms with Crippen molar-refractivity contribution in [3.05, 3.63) is 35.9 Å². The molecule has 1 amide bonds. The molecule has 1 aromatic rings. The average molecular weight is 218 g/mol. The molecule has 1 fully saturated rings. The van der Waals surface area contributed by atoms with Crippen molar-refractivity contribution >= 4 is 5.91 Å². The Kier molecular flexibility index (Phi) is 3.25.